The predicted octanol–water partition coefficient (Wildman–Crippen LogP) is 2.86. The van der Waals surface area contributed by atoms with Crippen LogP contribution in [0.1, 0.15) is 50.1 Å². The first-order chi connectivity index (χ1) is 11.6. The number of rotatable bonds is 6. The number of benzene rings is 1. The van der Waals surface area contributed by atoms with E-state index in [2.05, 4.69) is 55.1 Å². The van der Waals surface area contributed by atoms with Gasteiger partial charge in [-0.2, -0.15) is 5.10 Å². The van der Waals surface area contributed by atoms with Gasteiger partial charge in [-0.15, -0.1) is 0 Å². The maximum absolute atomic E-state index is 12.2. The number of aryl methyl sites for hydroxylation is 1. The highest BCUT2D eigenvalue weighted by Gasteiger charge is 2.33. The lowest BCUT2D eigenvalue weighted by Crippen LogP contribution is -2.29. The van der Waals surface area contributed by atoms with E-state index in [0.29, 0.717) is 18.9 Å². The molecule has 1 fully saturated rings. The van der Waals surface area contributed by atoms with E-state index in [0.717, 1.165) is 25.3 Å². The van der Waals surface area contributed by atoms with Gasteiger partial charge in [-0.05, 0) is 23.5 Å². The van der Waals surface area contributed by atoms with E-state index in [-0.39, 0.29) is 11.8 Å². The first-order valence-electron chi connectivity index (χ1n) is 8.80. The van der Waals surface area contributed by atoms with Crippen molar-refractivity contribution in [2.24, 2.45) is 5.92 Å². The molecule has 5 heteroatoms. The highest BCUT2D eigenvalue weighted by Crippen LogP contribution is 2.27. The van der Waals surface area contributed by atoms with E-state index >= 15 is 0 Å². The quantitative estimate of drug-likeness (QED) is 0.820. The van der Waals surface area contributed by atoms with Crippen molar-refractivity contribution in [2.75, 3.05) is 13.1 Å². The average Bonchev–Trinajstić information content (AvgIpc) is 3.15. The minimum Gasteiger partial charge on any atom is -0.342 e. The van der Waals surface area contributed by atoms with Gasteiger partial charge in [0.25, 0.3) is 0 Å². The predicted molar refractivity (Wildman–Crippen MR) is 93.7 cm³/mol. The van der Waals surface area contributed by atoms with E-state index in [1.54, 1.807) is 6.33 Å². The van der Waals surface area contributed by atoms with Crippen LogP contribution in [0.4, 0.5) is 0 Å². The Bertz CT molecular complexity index is 690. The van der Waals surface area contributed by atoms with Crippen LogP contribution in [0.25, 0.3) is 0 Å². The summed E-state index contributed by atoms with van der Waals surface area (Å²) in [4.78, 5) is 18.6. The molecule has 0 aliphatic carbocycles. The van der Waals surface area contributed by atoms with Crippen LogP contribution in [-0.2, 0) is 17.8 Å². The molecule has 0 radical (unpaired) electrons. The summed E-state index contributed by atoms with van der Waals surface area (Å²) in [5, 5.41) is 4.39. The van der Waals surface area contributed by atoms with Crippen LogP contribution in [0.3, 0.4) is 0 Å². The van der Waals surface area contributed by atoms with Crippen molar-refractivity contribution in [3.63, 3.8) is 0 Å². The van der Waals surface area contributed by atoms with Crippen LogP contribution in [0.15, 0.2) is 30.6 Å². The van der Waals surface area contributed by atoms with E-state index in [1.165, 1.54) is 11.1 Å². The second kappa shape index (κ2) is 7.16. The molecule has 0 bridgehead atoms. The zero-order valence-corrected chi connectivity index (χ0v) is 14.8. The SMILES string of the molecule is CCc1ccc(Cn2ncnc2C2CC(=O)N(CC(C)C)C2)cc1. The molecule has 1 aromatic heterocycles. The van der Waals surface area contributed by atoms with Crippen molar-refractivity contribution in [3.8, 4) is 0 Å². The van der Waals surface area contributed by atoms with Crippen molar-refractivity contribution in [2.45, 2.75) is 46.1 Å². The summed E-state index contributed by atoms with van der Waals surface area (Å²) in [6, 6.07) is 8.62. The Morgan fingerprint density at radius 1 is 1.21 bits per heavy atom. The Morgan fingerprint density at radius 3 is 2.58 bits per heavy atom. The van der Waals surface area contributed by atoms with Gasteiger partial charge in [0.15, 0.2) is 0 Å². The summed E-state index contributed by atoms with van der Waals surface area (Å²) in [6.45, 7) is 8.72. The summed E-state index contributed by atoms with van der Waals surface area (Å²) < 4.78 is 1.94. The smallest absolute Gasteiger partial charge is 0.223 e. The monoisotopic (exact) mass is 326 g/mol. The molecular formula is C19H26N4O. The molecule has 3 rings (SSSR count). The Kier molecular flexibility index (Phi) is 4.97. The van der Waals surface area contributed by atoms with Crippen LogP contribution in [0, 0.1) is 5.92 Å². The Hall–Kier alpha value is -2.17. The lowest BCUT2D eigenvalue weighted by atomic mass is 10.1. The molecule has 0 saturated carbocycles. The van der Waals surface area contributed by atoms with Gasteiger partial charge in [0, 0.05) is 25.4 Å². The zero-order chi connectivity index (χ0) is 17.1. The summed E-state index contributed by atoms with van der Waals surface area (Å²) in [5.74, 6) is 1.79. The number of hydrogen-bond acceptors (Lipinski definition) is 3. The van der Waals surface area contributed by atoms with Gasteiger partial charge < -0.3 is 4.90 Å². The third kappa shape index (κ3) is 3.66. The fraction of sp³-hybridized carbons (Fsp3) is 0.526. The fourth-order valence-corrected chi connectivity index (χ4v) is 3.33. The van der Waals surface area contributed by atoms with Crippen LogP contribution in [-0.4, -0.2) is 38.7 Å². The summed E-state index contributed by atoms with van der Waals surface area (Å²) >= 11 is 0. The molecule has 1 aliphatic rings. The number of aromatic nitrogens is 3. The highest BCUT2D eigenvalue weighted by atomic mass is 16.2. The third-order valence-electron chi connectivity index (χ3n) is 4.57. The molecule has 1 atom stereocenters. The molecule has 1 amide bonds. The maximum Gasteiger partial charge on any atom is 0.223 e. The molecule has 5 nitrogen and oxygen atoms in total. The number of nitrogens with zero attached hydrogens (tertiary/aromatic N) is 4. The van der Waals surface area contributed by atoms with Gasteiger partial charge in [0.1, 0.15) is 12.2 Å². The standard InChI is InChI=1S/C19H26N4O/c1-4-15-5-7-16(8-6-15)11-23-19(20-13-21-23)17-9-18(24)22(12-17)10-14(2)3/h5-8,13-14,17H,4,9-12H2,1-3H3. The Morgan fingerprint density at radius 2 is 1.92 bits per heavy atom. The van der Waals surface area contributed by atoms with E-state index in [4.69, 9.17) is 0 Å². The van der Waals surface area contributed by atoms with Crippen molar-refractivity contribution >= 4 is 5.91 Å². The van der Waals surface area contributed by atoms with Crippen LogP contribution in [0.2, 0.25) is 0 Å². The molecule has 0 N–H and O–H groups in total. The third-order valence-corrected chi connectivity index (χ3v) is 4.57. The van der Waals surface area contributed by atoms with E-state index < -0.39 is 0 Å². The molecule has 2 aromatic rings. The summed E-state index contributed by atoms with van der Waals surface area (Å²) in [6.07, 6.45) is 3.19. The molecule has 24 heavy (non-hydrogen) atoms. The topological polar surface area (TPSA) is 51.0 Å². The minimum atomic E-state index is 0.147. The minimum absolute atomic E-state index is 0.147. The second-order valence-corrected chi connectivity index (χ2v) is 7.04. The largest absolute Gasteiger partial charge is 0.342 e. The second-order valence-electron chi connectivity index (χ2n) is 7.04. The molecule has 0 spiro atoms. The maximum atomic E-state index is 12.2. The van der Waals surface area contributed by atoms with Crippen LogP contribution >= 0.6 is 0 Å². The Labute approximate surface area is 143 Å². The van der Waals surface area contributed by atoms with E-state index in [9.17, 15) is 4.79 Å². The number of hydrogen-bond donors (Lipinski definition) is 0. The summed E-state index contributed by atoms with van der Waals surface area (Å²) in [7, 11) is 0. The Balaban J connectivity index is 1.72. The lowest BCUT2D eigenvalue weighted by Gasteiger charge is -2.18. The first kappa shape index (κ1) is 16.7. The zero-order valence-electron chi connectivity index (χ0n) is 14.8. The van der Waals surface area contributed by atoms with Crippen LogP contribution in [0.5, 0.6) is 0 Å². The fourth-order valence-electron chi connectivity index (χ4n) is 3.33. The van der Waals surface area contributed by atoms with Gasteiger partial charge in [0.2, 0.25) is 5.91 Å². The van der Waals surface area contributed by atoms with Gasteiger partial charge in [-0.1, -0.05) is 45.0 Å². The normalized spacial score (nSPS) is 17.9. The molecular weight excluding hydrogens is 300 g/mol. The van der Waals surface area contributed by atoms with Gasteiger partial charge in [-0.3, -0.25) is 4.79 Å². The molecule has 1 saturated heterocycles. The number of carbonyl (C=O) groups excluding carboxylic acids is 1. The number of carbonyl (C=O) groups is 1. The summed E-state index contributed by atoms with van der Waals surface area (Å²) in [5.41, 5.74) is 2.55. The number of amides is 1. The van der Waals surface area contributed by atoms with Gasteiger partial charge in [0.05, 0.1) is 6.54 Å². The lowest BCUT2D eigenvalue weighted by molar-refractivity contribution is -0.128. The van der Waals surface area contributed by atoms with Crippen molar-refractivity contribution in [3.05, 3.63) is 47.5 Å². The first-order valence-corrected chi connectivity index (χ1v) is 8.80. The van der Waals surface area contributed by atoms with Crippen molar-refractivity contribution < 1.29 is 4.79 Å². The number of likely N-dealkylation sites (tertiary alicyclic amines) is 1. The highest BCUT2D eigenvalue weighted by molar-refractivity contribution is 5.79. The van der Waals surface area contributed by atoms with Crippen molar-refractivity contribution in [1.29, 1.82) is 0 Å². The van der Waals surface area contributed by atoms with Gasteiger partial charge in [-0.25, -0.2) is 9.67 Å². The molecule has 1 aromatic carbocycles. The van der Waals surface area contributed by atoms with E-state index in [1.807, 2.05) is 9.58 Å². The van der Waals surface area contributed by atoms with Gasteiger partial charge >= 0.3 is 0 Å². The molecule has 1 unspecified atom stereocenters. The molecule has 1 aliphatic heterocycles. The molecule has 2 heterocycles. The van der Waals surface area contributed by atoms with Crippen LogP contribution < -0.4 is 0 Å². The average molecular weight is 326 g/mol. The molecule has 128 valence electrons. The van der Waals surface area contributed by atoms with Crippen molar-refractivity contribution in [1.82, 2.24) is 19.7 Å².